The van der Waals surface area contributed by atoms with Gasteiger partial charge in [0.1, 0.15) is 17.4 Å². The van der Waals surface area contributed by atoms with Gasteiger partial charge in [0.15, 0.2) is 0 Å². The molecule has 0 radical (unpaired) electrons. The first-order chi connectivity index (χ1) is 18.9. The Morgan fingerprint density at radius 1 is 1.05 bits per heavy atom. The summed E-state index contributed by atoms with van der Waals surface area (Å²) in [6.45, 7) is -0.0183. The van der Waals surface area contributed by atoms with Crippen LogP contribution >= 0.6 is 23.1 Å². The van der Waals surface area contributed by atoms with Crippen LogP contribution in [-0.4, -0.2) is 23.9 Å². The zero-order chi connectivity index (χ0) is 27.4. The summed E-state index contributed by atoms with van der Waals surface area (Å²) in [5, 5.41) is 16.5. The van der Waals surface area contributed by atoms with Crippen molar-refractivity contribution in [3.05, 3.63) is 117 Å². The maximum atomic E-state index is 13.7. The SMILES string of the molecule is COc1ccc(C2C/C(=N\O)c3c(SCc4ccccc4)sc(C(=O)NCc4cc(F)cc(F)c4)c3C2)cc1. The van der Waals surface area contributed by atoms with E-state index in [2.05, 4.69) is 10.5 Å². The highest BCUT2D eigenvalue weighted by atomic mass is 32.2. The number of nitrogens with one attached hydrogen (secondary N) is 1. The van der Waals surface area contributed by atoms with Gasteiger partial charge in [-0.2, -0.15) is 0 Å². The minimum absolute atomic E-state index is 0.000237. The van der Waals surface area contributed by atoms with Crippen LogP contribution in [0.5, 0.6) is 5.75 Å². The zero-order valence-corrected chi connectivity index (χ0v) is 22.8. The van der Waals surface area contributed by atoms with Gasteiger partial charge in [-0.3, -0.25) is 4.79 Å². The lowest BCUT2D eigenvalue weighted by Crippen LogP contribution is -2.25. The molecular formula is C30H26F2N2O3S2. The van der Waals surface area contributed by atoms with Crippen molar-refractivity contribution in [2.24, 2.45) is 5.16 Å². The summed E-state index contributed by atoms with van der Waals surface area (Å²) >= 11 is 2.95. The summed E-state index contributed by atoms with van der Waals surface area (Å²) in [5.41, 5.74) is 4.68. The third-order valence-corrected chi connectivity index (χ3v) is 9.23. The van der Waals surface area contributed by atoms with Crippen molar-refractivity contribution in [1.82, 2.24) is 5.32 Å². The van der Waals surface area contributed by atoms with Crippen molar-refractivity contribution in [2.45, 2.75) is 35.3 Å². The van der Waals surface area contributed by atoms with Gasteiger partial charge in [-0.25, -0.2) is 8.78 Å². The number of amides is 1. The zero-order valence-electron chi connectivity index (χ0n) is 21.1. The number of methoxy groups -OCH3 is 1. The third kappa shape index (κ3) is 6.15. The Bertz CT molecular complexity index is 1480. The van der Waals surface area contributed by atoms with Gasteiger partial charge in [0.25, 0.3) is 5.91 Å². The van der Waals surface area contributed by atoms with Gasteiger partial charge in [0, 0.05) is 30.3 Å². The van der Waals surface area contributed by atoms with Crippen LogP contribution in [0.25, 0.3) is 0 Å². The smallest absolute Gasteiger partial charge is 0.261 e. The van der Waals surface area contributed by atoms with Gasteiger partial charge >= 0.3 is 0 Å². The predicted molar refractivity (Wildman–Crippen MR) is 150 cm³/mol. The minimum atomic E-state index is -0.696. The maximum absolute atomic E-state index is 13.7. The molecule has 1 aliphatic carbocycles. The number of rotatable bonds is 8. The van der Waals surface area contributed by atoms with E-state index < -0.39 is 11.6 Å². The van der Waals surface area contributed by atoms with E-state index in [0.29, 0.717) is 34.7 Å². The quantitative estimate of drug-likeness (QED) is 0.135. The first kappa shape index (κ1) is 26.9. The lowest BCUT2D eigenvalue weighted by atomic mass is 9.80. The Morgan fingerprint density at radius 2 is 1.77 bits per heavy atom. The second-order valence-electron chi connectivity index (χ2n) is 9.23. The Morgan fingerprint density at radius 3 is 2.44 bits per heavy atom. The molecule has 39 heavy (non-hydrogen) atoms. The van der Waals surface area contributed by atoms with Crippen LogP contribution < -0.4 is 10.1 Å². The predicted octanol–water partition coefficient (Wildman–Crippen LogP) is 7.17. The van der Waals surface area contributed by atoms with E-state index >= 15 is 0 Å². The lowest BCUT2D eigenvalue weighted by molar-refractivity contribution is 0.0954. The van der Waals surface area contributed by atoms with Gasteiger partial charge in [-0.1, -0.05) is 47.6 Å². The molecule has 200 valence electrons. The molecule has 4 aromatic rings. The van der Waals surface area contributed by atoms with Crippen LogP contribution in [0, 0.1) is 11.6 Å². The molecule has 5 nitrogen and oxygen atoms in total. The van der Waals surface area contributed by atoms with Gasteiger partial charge in [-0.15, -0.1) is 23.1 Å². The lowest BCUT2D eigenvalue weighted by Gasteiger charge is -2.25. The number of halogens is 2. The number of thioether (sulfide) groups is 1. The number of fused-ring (bicyclic) bond motifs is 1. The minimum Gasteiger partial charge on any atom is -0.497 e. The highest BCUT2D eigenvalue weighted by Crippen LogP contribution is 2.45. The van der Waals surface area contributed by atoms with Crippen LogP contribution in [-0.2, 0) is 18.7 Å². The molecule has 9 heteroatoms. The summed E-state index contributed by atoms with van der Waals surface area (Å²) < 4.78 is 33.5. The number of hydrogen-bond donors (Lipinski definition) is 2. The van der Waals surface area contributed by atoms with Crippen molar-refractivity contribution in [1.29, 1.82) is 0 Å². The second-order valence-corrected chi connectivity index (χ2v) is 11.5. The highest BCUT2D eigenvalue weighted by molar-refractivity contribution is 8.00. The largest absolute Gasteiger partial charge is 0.497 e. The molecule has 1 atom stereocenters. The number of oxime groups is 1. The summed E-state index contributed by atoms with van der Waals surface area (Å²) in [5.74, 6) is -0.287. The van der Waals surface area contributed by atoms with Crippen LogP contribution in [0.4, 0.5) is 8.78 Å². The topological polar surface area (TPSA) is 70.9 Å². The van der Waals surface area contributed by atoms with Crippen molar-refractivity contribution >= 4 is 34.7 Å². The van der Waals surface area contributed by atoms with Crippen LogP contribution in [0.1, 0.15) is 49.8 Å². The number of carbonyl (C=O) groups is 1. The fraction of sp³-hybridized carbons (Fsp3) is 0.200. The van der Waals surface area contributed by atoms with Gasteiger partial charge in [0.05, 0.1) is 21.9 Å². The van der Waals surface area contributed by atoms with E-state index in [9.17, 15) is 18.8 Å². The Hall–Kier alpha value is -3.69. The summed E-state index contributed by atoms with van der Waals surface area (Å²) in [4.78, 5) is 14.0. The Kier molecular flexibility index (Phi) is 8.28. The molecule has 0 aliphatic heterocycles. The van der Waals surface area contributed by atoms with Gasteiger partial charge in [-0.05, 0) is 58.9 Å². The van der Waals surface area contributed by atoms with E-state index in [-0.39, 0.29) is 18.4 Å². The summed E-state index contributed by atoms with van der Waals surface area (Å²) in [6.07, 6.45) is 1.11. The van der Waals surface area contributed by atoms with E-state index in [1.165, 1.54) is 23.5 Å². The van der Waals surface area contributed by atoms with E-state index in [0.717, 1.165) is 38.3 Å². The van der Waals surface area contributed by atoms with E-state index in [4.69, 9.17) is 4.74 Å². The molecule has 0 saturated carbocycles. The molecule has 1 aliphatic rings. The van der Waals surface area contributed by atoms with Gasteiger partial charge < -0.3 is 15.3 Å². The average molecular weight is 565 g/mol. The molecule has 0 bridgehead atoms. The van der Waals surface area contributed by atoms with E-state index in [1.807, 2.05) is 54.6 Å². The van der Waals surface area contributed by atoms with E-state index in [1.54, 1.807) is 18.9 Å². The molecule has 5 rings (SSSR count). The van der Waals surface area contributed by atoms with Crippen molar-refractivity contribution in [3.63, 3.8) is 0 Å². The maximum Gasteiger partial charge on any atom is 0.261 e. The van der Waals surface area contributed by atoms with Gasteiger partial charge in [0.2, 0.25) is 0 Å². The molecule has 2 N–H and O–H groups in total. The molecule has 0 spiro atoms. The number of ether oxygens (including phenoxy) is 1. The van der Waals surface area contributed by atoms with Crippen LogP contribution in [0.15, 0.2) is 82.2 Å². The Balaban J connectivity index is 1.47. The molecular weight excluding hydrogens is 538 g/mol. The number of thiophene rings is 1. The van der Waals surface area contributed by atoms with Crippen LogP contribution in [0.2, 0.25) is 0 Å². The monoisotopic (exact) mass is 564 g/mol. The van der Waals surface area contributed by atoms with Crippen molar-refractivity contribution in [3.8, 4) is 5.75 Å². The highest BCUT2D eigenvalue weighted by Gasteiger charge is 2.34. The second kappa shape index (κ2) is 12.0. The number of carbonyl (C=O) groups excluding carboxylic acids is 1. The van der Waals surface area contributed by atoms with Crippen molar-refractivity contribution in [2.75, 3.05) is 7.11 Å². The summed E-state index contributed by atoms with van der Waals surface area (Å²) in [7, 11) is 1.61. The standard InChI is InChI=1S/C30H26F2N2O3S2/c1-37-24-9-7-20(8-10-24)21-13-25-27(26(14-21)34-36)30(38-17-18-5-3-2-4-6-18)39-28(25)29(35)33-16-19-11-22(31)15-23(32)12-19/h2-12,15,21,36H,13-14,16-17H2,1H3,(H,33,35)/b34-26+. The van der Waals surface area contributed by atoms with Crippen LogP contribution in [0.3, 0.4) is 0 Å². The molecule has 0 saturated heterocycles. The first-order valence-corrected chi connectivity index (χ1v) is 14.2. The molecule has 3 aromatic carbocycles. The summed E-state index contributed by atoms with van der Waals surface area (Å²) in [6, 6.07) is 21.0. The number of benzene rings is 3. The fourth-order valence-electron chi connectivity index (χ4n) is 4.77. The number of nitrogens with zero attached hydrogens (tertiary/aromatic N) is 1. The third-order valence-electron chi connectivity index (χ3n) is 6.66. The molecule has 1 aromatic heterocycles. The average Bonchev–Trinajstić information content (AvgIpc) is 3.33. The fourth-order valence-corrected chi connectivity index (χ4v) is 7.31. The normalized spacial score (nSPS) is 15.7. The molecule has 0 fully saturated rings. The first-order valence-electron chi connectivity index (χ1n) is 12.4. The molecule has 1 amide bonds. The Labute approximate surface area is 233 Å². The molecule has 1 heterocycles. The van der Waals surface area contributed by atoms with Crippen molar-refractivity contribution < 1.29 is 23.5 Å². The molecule has 1 unspecified atom stereocenters. The number of hydrogen-bond acceptors (Lipinski definition) is 6.